The average molecular weight is 240 g/mol. The van der Waals surface area contributed by atoms with E-state index >= 15 is 0 Å². The van der Waals surface area contributed by atoms with E-state index in [0.29, 0.717) is 19.0 Å². The Kier molecular flexibility index (Phi) is 3.99. The molecule has 2 fully saturated rings. The van der Waals surface area contributed by atoms with E-state index in [1.807, 2.05) is 0 Å². The van der Waals surface area contributed by atoms with Crippen LogP contribution in [-0.2, 0) is 14.3 Å². The third kappa shape index (κ3) is 3.43. The minimum Gasteiger partial charge on any atom is -0.468 e. The Labute approximate surface area is 101 Å². The number of hydrogen-bond acceptors (Lipinski definition) is 4. The number of amides is 1. The molecule has 1 amide bonds. The highest BCUT2D eigenvalue weighted by Gasteiger charge is 2.31. The van der Waals surface area contributed by atoms with Crippen molar-refractivity contribution in [3.05, 3.63) is 0 Å². The highest BCUT2D eigenvalue weighted by molar-refractivity contribution is 5.77. The lowest BCUT2D eigenvalue weighted by molar-refractivity contribution is -0.146. The lowest BCUT2D eigenvalue weighted by Gasteiger charge is -2.21. The monoisotopic (exact) mass is 240 g/mol. The van der Waals surface area contributed by atoms with Crippen LogP contribution in [0.3, 0.4) is 0 Å². The Hall–Kier alpha value is -1.10. The fourth-order valence-corrected chi connectivity index (χ4v) is 2.27. The maximum absolute atomic E-state index is 11.5. The molecule has 2 rings (SSSR count). The predicted octanol–water partition coefficient (Wildman–Crippen LogP) is 0.293. The summed E-state index contributed by atoms with van der Waals surface area (Å²) in [6.07, 6.45) is 4.55. The number of ether oxygens (including phenoxy) is 1. The summed E-state index contributed by atoms with van der Waals surface area (Å²) in [4.78, 5) is 25.1. The van der Waals surface area contributed by atoms with Crippen LogP contribution < -0.4 is 5.32 Å². The summed E-state index contributed by atoms with van der Waals surface area (Å²) in [7, 11) is 1.42. The molecule has 0 aromatic rings. The number of carbonyl (C=O) groups excluding carboxylic acids is 2. The average Bonchev–Trinajstić information content (AvgIpc) is 3.00. The highest BCUT2D eigenvalue weighted by Crippen LogP contribution is 2.20. The Morgan fingerprint density at radius 1 is 1.35 bits per heavy atom. The number of carbonyl (C=O) groups is 2. The summed E-state index contributed by atoms with van der Waals surface area (Å²) in [6, 6.07) is 0.270. The zero-order valence-corrected chi connectivity index (χ0v) is 10.3. The van der Waals surface area contributed by atoms with E-state index in [2.05, 4.69) is 10.2 Å². The van der Waals surface area contributed by atoms with Crippen molar-refractivity contribution in [2.45, 2.75) is 44.2 Å². The molecule has 1 N–H and O–H groups in total. The van der Waals surface area contributed by atoms with Crippen molar-refractivity contribution in [3.63, 3.8) is 0 Å². The number of rotatable bonds is 5. The molecule has 2 aliphatic rings. The fourth-order valence-electron chi connectivity index (χ4n) is 2.27. The van der Waals surface area contributed by atoms with Crippen molar-refractivity contribution in [1.82, 2.24) is 10.2 Å². The van der Waals surface area contributed by atoms with Gasteiger partial charge in [0.2, 0.25) is 5.91 Å². The van der Waals surface area contributed by atoms with Crippen LogP contribution in [-0.4, -0.2) is 49.1 Å². The normalized spacial score (nSPS) is 24.6. The number of esters is 1. The summed E-state index contributed by atoms with van der Waals surface area (Å²) < 4.78 is 4.76. The number of hydrogen-bond donors (Lipinski definition) is 1. The first kappa shape index (κ1) is 12.4. The Morgan fingerprint density at radius 3 is 2.76 bits per heavy atom. The van der Waals surface area contributed by atoms with Crippen LogP contribution in [0.4, 0.5) is 0 Å². The molecule has 1 atom stereocenters. The molecule has 0 aromatic heterocycles. The molecule has 17 heavy (non-hydrogen) atoms. The molecule has 1 saturated heterocycles. The molecule has 1 saturated carbocycles. The maximum Gasteiger partial charge on any atom is 0.323 e. The van der Waals surface area contributed by atoms with Crippen molar-refractivity contribution in [2.24, 2.45) is 0 Å². The number of methoxy groups -OCH3 is 1. The highest BCUT2D eigenvalue weighted by atomic mass is 16.5. The van der Waals surface area contributed by atoms with Gasteiger partial charge in [0.05, 0.1) is 7.11 Å². The summed E-state index contributed by atoms with van der Waals surface area (Å²) in [5.41, 5.74) is 0. The van der Waals surface area contributed by atoms with Gasteiger partial charge < -0.3 is 10.1 Å². The van der Waals surface area contributed by atoms with E-state index in [4.69, 9.17) is 4.74 Å². The van der Waals surface area contributed by atoms with E-state index in [1.54, 1.807) is 0 Å². The number of nitrogens with one attached hydrogen (secondary N) is 1. The molecule has 1 heterocycles. The van der Waals surface area contributed by atoms with Gasteiger partial charge in [-0.3, -0.25) is 14.5 Å². The van der Waals surface area contributed by atoms with Crippen LogP contribution in [0, 0.1) is 0 Å². The van der Waals surface area contributed by atoms with Gasteiger partial charge in [-0.15, -0.1) is 0 Å². The molecule has 1 aliphatic carbocycles. The van der Waals surface area contributed by atoms with Gasteiger partial charge in [-0.25, -0.2) is 0 Å². The van der Waals surface area contributed by atoms with Crippen LogP contribution in [0.25, 0.3) is 0 Å². The second-order valence-electron chi connectivity index (χ2n) is 4.81. The third-order valence-electron chi connectivity index (χ3n) is 3.41. The van der Waals surface area contributed by atoms with E-state index in [1.165, 1.54) is 7.11 Å². The van der Waals surface area contributed by atoms with Gasteiger partial charge in [0.15, 0.2) is 0 Å². The fraction of sp³-hybridized carbons (Fsp3) is 0.833. The molecule has 0 spiro atoms. The van der Waals surface area contributed by atoms with Gasteiger partial charge in [-0.05, 0) is 32.2 Å². The zero-order valence-electron chi connectivity index (χ0n) is 10.3. The predicted molar refractivity (Wildman–Crippen MR) is 62.4 cm³/mol. The Bertz CT molecular complexity index is 302. The van der Waals surface area contributed by atoms with Crippen molar-refractivity contribution >= 4 is 11.9 Å². The van der Waals surface area contributed by atoms with Gasteiger partial charge >= 0.3 is 5.97 Å². The van der Waals surface area contributed by atoms with Crippen molar-refractivity contribution in [2.75, 3.05) is 20.2 Å². The van der Waals surface area contributed by atoms with Crippen LogP contribution in [0.5, 0.6) is 0 Å². The van der Waals surface area contributed by atoms with Crippen LogP contribution >= 0.6 is 0 Å². The summed E-state index contributed by atoms with van der Waals surface area (Å²) in [5.74, 6) is -0.0758. The summed E-state index contributed by atoms with van der Waals surface area (Å²) in [5, 5.41) is 2.95. The Morgan fingerprint density at radius 2 is 2.12 bits per heavy atom. The van der Waals surface area contributed by atoms with Gasteiger partial charge in [0, 0.05) is 19.0 Å². The molecule has 5 heteroatoms. The SMILES string of the molecule is COC(=O)C1CCCN1CCC(=O)NC1CC1. The van der Waals surface area contributed by atoms with Gasteiger partial charge in [-0.1, -0.05) is 0 Å². The standard InChI is InChI=1S/C12H20N2O3/c1-17-12(16)10-3-2-7-14(10)8-6-11(15)13-9-4-5-9/h9-10H,2-8H2,1H3,(H,13,15). The lowest BCUT2D eigenvalue weighted by Crippen LogP contribution is -2.39. The molecule has 96 valence electrons. The second kappa shape index (κ2) is 5.49. The van der Waals surface area contributed by atoms with Crippen molar-refractivity contribution in [3.8, 4) is 0 Å². The first-order valence-corrected chi connectivity index (χ1v) is 6.32. The topological polar surface area (TPSA) is 58.6 Å². The largest absolute Gasteiger partial charge is 0.468 e. The van der Waals surface area contributed by atoms with Gasteiger partial charge in [0.1, 0.15) is 6.04 Å². The number of nitrogens with zero attached hydrogens (tertiary/aromatic N) is 1. The lowest BCUT2D eigenvalue weighted by atomic mass is 10.2. The van der Waals surface area contributed by atoms with Gasteiger partial charge in [-0.2, -0.15) is 0 Å². The molecule has 0 radical (unpaired) electrons. The molecule has 5 nitrogen and oxygen atoms in total. The van der Waals surface area contributed by atoms with Crippen LogP contribution in [0.2, 0.25) is 0 Å². The summed E-state index contributed by atoms with van der Waals surface area (Å²) >= 11 is 0. The summed E-state index contributed by atoms with van der Waals surface area (Å²) in [6.45, 7) is 1.54. The molecular weight excluding hydrogens is 220 g/mol. The van der Waals surface area contributed by atoms with E-state index in [9.17, 15) is 9.59 Å². The first-order chi connectivity index (χ1) is 8.20. The minimum absolute atomic E-state index is 0.100. The molecular formula is C12H20N2O3. The smallest absolute Gasteiger partial charge is 0.323 e. The van der Waals surface area contributed by atoms with Crippen molar-refractivity contribution in [1.29, 1.82) is 0 Å². The molecule has 1 unspecified atom stereocenters. The zero-order chi connectivity index (χ0) is 12.3. The van der Waals surface area contributed by atoms with Gasteiger partial charge in [0.25, 0.3) is 0 Å². The minimum atomic E-state index is -0.176. The number of likely N-dealkylation sites (tertiary alicyclic amines) is 1. The first-order valence-electron chi connectivity index (χ1n) is 6.32. The molecule has 0 bridgehead atoms. The van der Waals surface area contributed by atoms with Crippen molar-refractivity contribution < 1.29 is 14.3 Å². The molecule has 1 aliphatic heterocycles. The van der Waals surface area contributed by atoms with E-state index in [-0.39, 0.29) is 17.9 Å². The quantitative estimate of drug-likeness (QED) is 0.702. The van der Waals surface area contributed by atoms with E-state index < -0.39 is 0 Å². The maximum atomic E-state index is 11.5. The van der Waals surface area contributed by atoms with E-state index in [0.717, 1.165) is 32.2 Å². The van der Waals surface area contributed by atoms with Crippen LogP contribution in [0.15, 0.2) is 0 Å². The molecule has 0 aromatic carbocycles. The Balaban J connectivity index is 1.73. The second-order valence-corrected chi connectivity index (χ2v) is 4.81. The van der Waals surface area contributed by atoms with Crippen LogP contribution in [0.1, 0.15) is 32.1 Å². The third-order valence-corrected chi connectivity index (χ3v) is 3.41.